The number of pyridine rings is 1. The number of benzene rings is 1. The molecule has 1 aromatic heterocycles. The van der Waals surface area contributed by atoms with E-state index in [1.54, 1.807) is 23.4 Å². The summed E-state index contributed by atoms with van der Waals surface area (Å²) in [6, 6.07) is 7.37. The first-order valence-corrected chi connectivity index (χ1v) is 11.2. The van der Waals surface area contributed by atoms with E-state index in [0.717, 1.165) is 16.7 Å². The van der Waals surface area contributed by atoms with Crippen LogP contribution in [0.4, 0.5) is 0 Å². The highest BCUT2D eigenvalue weighted by molar-refractivity contribution is 6.34. The lowest BCUT2D eigenvalue weighted by atomic mass is 9.81. The lowest BCUT2D eigenvalue weighted by molar-refractivity contribution is -0.133. The van der Waals surface area contributed by atoms with E-state index in [-0.39, 0.29) is 48.8 Å². The first-order valence-electron chi connectivity index (χ1n) is 10.5. The molecule has 1 aliphatic heterocycles. The Kier molecular flexibility index (Phi) is 7.40. The van der Waals surface area contributed by atoms with Crippen LogP contribution < -0.4 is 5.32 Å². The number of halogens is 3. The minimum Gasteiger partial charge on any atom is -0.393 e. The number of aliphatic hydroxyl groups excluding tert-OH is 1. The van der Waals surface area contributed by atoms with Crippen LogP contribution in [0.5, 0.6) is 0 Å². The van der Waals surface area contributed by atoms with Crippen molar-refractivity contribution in [3.05, 3.63) is 52.3 Å². The molecule has 1 saturated carbocycles. The second-order valence-electron chi connectivity index (χ2n) is 8.82. The standard InChI is InChI=1S/C23H26Cl2N4O2.ClH/c1-13-8-16(6-7-19(13)30)29-20(31)10-23(2,28-22(29)26)18-5-3-4-17(21(18)25)14-9-15(24)12-27-11-14;/h3-5,9,11-13,16,19,30H,6-8,10H2,1-2H3,(H2,26,28);1H/t13-,16-,19+,23+;/m1./s1. The van der Waals surface area contributed by atoms with Crippen molar-refractivity contribution >= 4 is 47.5 Å². The van der Waals surface area contributed by atoms with Crippen molar-refractivity contribution in [3.63, 3.8) is 0 Å². The molecule has 3 N–H and O–H groups in total. The Bertz CT molecular complexity index is 1010. The van der Waals surface area contributed by atoms with Gasteiger partial charge in [-0.25, -0.2) is 0 Å². The van der Waals surface area contributed by atoms with Crippen LogP contribution in [0.1, 0.15) is 45.1 Å². The first-order chi connectivity index (χ1) is 14.7. The monoisotopic (exact) mass is 496 g/mol. The zero-order valence-corrected chi connectivity index (χ0v) is 20.3. The van der Waals surface area contributed by atoms with Crippen molar-refractivity contribution in [3.8, 4) is 11.1 Å². The Labute approximate surface area is 204 Å². The molecule has 0 radical (unpaired) electrons. The Morgan fingerprint density at radius 3 is 2.69 bits per heavy atom. The van der Waals surface area contributed by atoms with Gasteiger partial charge in [-0.2, -0.15) is 0 Å². The number of nitrogens with zero attached hydrogens (tertiary/aromatic N) is 2. The second-order valence-corrected chi connectivity index (χ2v) is 9.63. The summed E-state index contributed by atoms with van der Waals surface area (Å²) in [7, 11) is 0. The number of carbonyl (C=O) groups is 1. The largest absolute Gasteiger partial charge is 0.393 e. The van der Waals surface area contributed by atoms with Crippen LogP contribution in [0.3, 0.4) is 0 Å². The normalized spacial score (nSPS) is 28.2. The fourth-order valence-electron chi connectivity index (χ4n) is 4.75. The van der Waals surface area contributed by atoms with Gasteiger partial charge in [0.25, 0.3) is 0 Å². The lowest BCUT2D eigenvalue weighted by Gasteiger charge is -2.46. The highest BCUT2D eigenvalue weighted by Crippen LogP contribution is 2.40. The molecule has 0 bridgehead atoms. The maximum Gasteiger partial charge on any atom is 0.232 e. The van der Waals surface area contributed by atoms with Gasteiger partial charge in [-0.15, -0.1) is 12.4 Å². The van der Waals surface area contributed by atoms with Gasteiger partial charge in [-0.3, -0.25) is 20.1 Å². The molecule has 1 saturated heterocycles. The SMILES string of the molecule is C[C@@H]1C[C@H](N2C(=N)N[C@](C)(c3cccc(-c4cncc(Cl)c4)c3Cl)CC2=O)CC[C@@H]1O.Cl. The average Bonchev–Trinajstić information content (AvgIpc) is 2.70. The van der Waals surface area contributed by atoms with Crippen LogP contribution in [-0.4, -0.2) is 39.0 Å². The summed E-state index contributed by atoms with van der Waals surface area (Å²) < 4.78 is 0. The Hall–Kier alpha value is -1.86. The van der Waals surface area contributed by atoms with Gasteiger partial charge < -0.3 is 10.4 Å². The zero-order valence-electron chi connectivity index (χ0n) is 17.9. The van der Waals surface area contributed by atoms with Gasteiger partial charge >= 0.3 is 0 Å². The highest BCUT2D eigenvalue weighted by Gasteiger charge is 2.44. The summed E-state index contributed by atoms with van der Waals surface area (Å²) in [4.78, 5) is 18.9. The molecule has 1 aliphatic carbocycles. The molecule has 1 amide bonds. The number of nitrogens with one attached hydrogen (secondary N) is 2. The second kappa shape index (κ2) is 9.56. The van der Waals surface area contributed by atoms with Crippen molar-refractivity contribution in [2.45, 2.75) is 57.2 Å². The molecule has 2 aromatic rings. The van der Waals surface area contributed by atoms with E-state index in [4.69, 9.17) is 28.6 Å². The number of aromatic nitrogens is 1. The van der Waals surface area contributed by atoms with Crippen LogP contribution in [-0.2, 0) is 10.3 Å². The Morgan fingerprint density at radius 1 is 1.28 bits per heavy atom. The molecule has 6 nitrogen and oxygen atoms in total. The quantitative estimate of drug-likeness (QED) is 0.557. The maximum absolute atomic E-state index is 13.2. The molecule has 32 heavy (non-hydrogen) atoms. The van der Waals surface area contributed by atoms with E-state index < -0.39 is 5.54 Å². The van der Waals surface area contributed by atoms with E-state index in [1.165, 1.54) is 0 Å². The van der Waals surface area contributed by atoms with Crippen molar-refractivity contribution in [2.24, 2.45) is 5.92 Å². The molecule has 2 aliphatic rings. The molecule has 172 valence electrons. The number of hydrogen-bond acceptors (Lipinski definition) is 4. The van der Waals surface area contributed by atoms with Crippen molar-refractivity contribution in [1.29, 1.82) is 5.41 Å². The highest BCUT2D eigenvalue weighted by atomic mass is 35.5. The summed E-state index contributed by atoms with van der Waals surface area (Å²) in [6.45, 7) is 3.88. The van der Waals surface area contributed by atoms with Gasteiger partial charge in [0, 0.05) is 29.6 Å². The van der Waals surface area contributed by atoms with Crippen LogP contribution in [0.2, 0.25) is 10.0 Å². The summed E-state index contributed by atoms with van der Waals surface area (Å²) in [5.41, 5.74) is 1.49. The smallest absolute Gasteiger partial charge is 0.232 e. The van der Waals surface area contributed by atoms with Crippen LogP contribution >= 0.6 is 35.6 Å². The first kappa shape index (κ1) is 24.8. The molecule has 1 aromatic carbocycles. The number of amides is 1. The molecule has 2 heterocycles. The van der Waals surface area contributed by atoms with E-state index in [2.05, 4.69) is 10.3 Å². The average molecular weight is 498 g/mol. The number of carbonyl (C=O) groups excluding carboxylic acids is 1. The molecule has 4 rings (SSSR count). The molecular formula is C23H27Cl3N4O2. The fraction of sp³-hybridized carbons (Fsp3) is 0.435. The Morgan fingerprint density at radius 2 is 2.03 bits per heavy atom. The van der Waals surface area contributed by atoms with Gasteiger partial charge in [0.05, 0.1) is 28.1 Å². The van der Waals surface area contributed by atoms with Gasteiger partial charge in [-0.05, 0) is 43.7 Å². The zero-order chi connectivity index (χ0) is 22.3. The third-order valence-electron chi connectivity index (χ3n) is 6.48. The molecular weight excluding hydrogens is 471 g/mol. The van der Waals surface area contributed by atoms with E-state index >= 15 is 0 Å². The minimum atomic E-state index is -0.816. The van der Waals surface area contributed by atoms with Gasteiger partial charge in [0.2, 0.25) is 5.91 Å². The predicted molar refractivity (Wildman–Crippen MR) is 129 cm³/mol. The Balaban J connectivity index is 0.00000289. The topological polar surface area (TPSA) is 89.3 Å². The predicted octanol–water partition coefficient (Wildman–Crippen LogP) is 5.00. The van der Waals surface area contributed by atoms with Gasteiger partial charge in [-0.1, -0.05) is 48.3 Å². The molecule has 4 atom stereocenters. The van der Waals surface area contributed by atoms with Gasteiger partial charge in [0.15, 0.2) is 5.96 Å². The minimum absolute atomic E-state index is 0. The number of rotatable bonds is 3. The third kappa shape index (κ3) is 4.60. The molecule has 9 heteroatoms. The van der Waals surface area contributed by atoms with Gasteiger partial charge in [0.1, 0.15) is 0 Å². The summed E-state index contributed by atoms with van der Waals surface area (Å²) >= 11 is 12.9. The van der Waals surface area contributed by atoms with Crippen molar-refractivity contribution in [2.75, 3.05) is 0 Å². The van der Waals surface area contributed by atoms with Crippen LogP contribution in [0.25, 0.3) is 11.1 Å². The number of aliphatic hydroxyl groups is 1. The fourth-order valence-corrected chi connectivity index (χ4v) is 5.37. The maximum atomic E-state index is 13.2. The van der Waals surface area contributed by atoms with Crippen molar-refractivity contribution in [1.82, 2.24) is 15.2 Å². The van der Waals surface area contributed by atoms with E-state index in [1.807, 2.05) is 32.0 Å². The van der Waals surface area contributed by atoms with Crippen molar-refractivity contribution < 1.29 is 9.90 Å². The summed E-state index contributed by atoms with van der Waals surface area (Å²) in [6.07, 6.45) is 5.11. The molecule has 0 unspecified atom stereocenters. The summed E-state index contributed by atoms with van der Waals surface area (Å²) in [5.74, 6) is 0.0778. The summed E-state index contributed by atoms with van der Waals surface area (Å²) in [5, 5.41) is 22.9. The molecule has 0 spiro atoms. The van der Waals surface area contributed by atoms with E-state index in [0.29, 0.717) is 29.3 Å². The number of guanidine groups is 1. The number of hydrogen-bond donors (Lipinski definition) is 3. The van der Waals surface area contributed by atoms with Crippen LogP contribution in [0, 0.1) is 11.3 Å². The molecule has 2 fully saturated rings. The third-order valence-corrected chi connectivity index (χ3v) is 7.09. The lowest BCUT2D eigenvalue weighted by Crippen LogP contribution is -2.62. The van der Waals surface area contributed by atoms with E-state index in [9.17, 15) is 9.90 Å². The van der Waals surface area contributed by atoms with Crippen LogP contribution in [0.15, 0.2) is 36.7 Å².